The molecule has 3 aromatic rings. The molecule has 1 aliphatic rings. The Morgan fingerprint density at radius 2 is 1.81 bits per heavy atom. The van der Waals surface area contributed by atoms with Crippen molar-refractivity contribution in [3.05, 3.63) is 79.2 Å². The summed E-state index contributed by atoms with van der Waals surface area (Å²) in [5.74, 6) is -0.870. The van der Waals surface area contributed by atoms with Gasteiger partial charge < -0.3 is 9.64 Å². The standard InChI is InChI=1S/C25H18F5N3O3S/c26-24(27)36-19-9-2-1-6-15(19)12-20-22(35)33(17-8-5-7-16(13-17)25(28,29)30)23(37-20)18(14-31)21(34)32-10-3-4-11-32/h1-2,5-9,12-13,24H,3-4,10-11H2/b20-12-,23-18-. The number of amides is 1. The van der Waals surface area contributed by atoms with Gasteiger partial charge in [-0.3, -0.25) is 14.2 Å². The molecule has 0 spiro atoms. The average molecular weight is 535 g/mol. The highest BCUT2D eigenvalue weighted by Gasteiger charge is 2.31. The Morgan fingerprint density at radius 3 is 2.46 bits per heavy atom. The molecule has 1 aliphatic heterocycles. The Bertz CT molecular complexity index is 1550. The van der Waals surface area contributed by atoms with E-state index in [0.717, 1.165) is 35.6 Å². The van der Waals surface area contributed by atoms with E-state index >= 15 is 0 Å². The van der Waals surface area contributed by atoms with Gasteiger partial charge in [-0.1, -0.05) is 24.3 Å². The van der Waals surface area contributed by atoms with Gasteiger partial charge in [-0.2, -0.15) is 27.2 Å². The minimum absolute atomic E-state index is 0.0975. The van der Waals surface area contributed by atoms with E-state index in [9.17, 15) is 36.8 Å². The van der Waals surface area contributed by atoms with Crippen molar-refractivity contribution in [2.24, 2.45) is 0 Å². The predicted molar refractivity (Wildman–Crippen MR) is 126 cm³/mol. The Kier molecular flexibility index (Phi) is 7.45. The lowest BCUT2D eigenvalue weighted by Gasteiger charge is -2.14. The number of hydrogen-bond donors (Lipinski definition) is 0. The smallest absolute Gasteiger partial charge is 0.416 e. The number of thiazole rings is 1. The van der Waals surface area contributed by atoms with Gasteiger partial charge in [0.1, 0.15) is 16.5 Å². The number of para-hydroxylation sites is 1. The number of nitrogens with zero attached hydrogens (tertiary/aromatic N) is 3. The van der Waals surface area contributed by atoms with E-state index in [1.54, 1.807) is 0 Å². The third-order valence-electron chi connectivity index (χ3n) is 5.61. The zero-order valence-corrected chi connectivity index (χ0v) is 19.8. The third kappa shape index (κ3) is 5.56. The largest absolute Gasteiger partial charge is 0.434 e. The molecule has 0 aliphatic carbocycles. The number of carbonyl (C=O) groups excluding carboxylic acids is 1. The molecule has 2 heterocycles. The summed E-state index contributed by atoms with van der Waals surface area (Å²) in [6.07, 6.45) is -2.01. The van der Waals surface area contributed by atoms with Gasteiger partial charge in [-0.15, -0.1) is 11.3 Å². The van der Waals surface area contributed by atoms with Crippen LogP contribution < -0.4 is 19.5 Å². The number of carbonyl (C=O) groups is 1. The molecule has 0 atom stereocenters. The number of nitriles is 1. The van der Waals surface area contributed by atoms with Crippen molar-refractivity contribution >= 4 is 28.9 Å². The molecule has 0 N–H and O–H groups in total. The summed E-state index contributed by atoms with van der Waals surface area (Å²) >= 11 is 0.700. The number of aromatic nitrogens is 1. The van der Waals surface area contributed by atoms with Crippen LogP contribution in [0, 0.1) is 11.3 Å². The summed E-state index contributed by atoms with van der Waals surface area (Å²) in [4.78, 5) is 28.0. The maximum absolute atomic E-state index is 13.5. The highest BCUT2D eigenvalue weighted by Crippen LogP contribution is 2.30. The van der Waals surface area contributed by atoms with E-state index in [-0.39, 0.29) is 26.2 Å². The number of benzene rings is 2. The number of ether oxygens (including phenoxy) is 1. The van der Waals surface area contributed by atoms with Crippen LogP contribution in [-0.2, 0) is 11.0 Å². The minimum atomic E-state index is -4.70. The minimum Gasteiger partial charge on any atom is -0.434 e. The molecule has 1 fully saturated rings. The highest BCUT2D eigenvalue weighted by atomic mass is 32.1. The van der Waals surface area contributed by atoms with Crippen molar-refractivity contribution in [2.45, 2.75) is 25.6 Å². The van der Waals surface area contributed by atoms with Crippen LogP contribution in [0.3, 0.4) is 0 Å². The second-order valence-corrected chi connectivity index (χ2v) is 9.04. The average Bonchev–Trinajstić information content (AvgIpc) is 3.49. The lowest BCUT2D eigenvalue weighted by Crippen LogP contribution is -2.35. The maximum atomic E-state index is 13.5. The van der Waals surface area contributed by atoms with Gasteiger partial charge in [-0.05, 0) is 43.2 Å². The molecule has 4 rings (SSSR count). The summed E-state index contributed by atoms with van der Waals surface area (Å²) in [6, 6.07) is 11.4. The molecule has 0 bridgehead atoms. The van der Waals surface area contributed by atoms with Crippen molar-refractivity contribution in [3.8, 4) is 17.5 Å². The van der Waals surface area contributed by atoms with Gasteiger partial charge in [0.2, 0.25) is 0 Å². The van der Waals surface area contributed by atoms with Crippen molar-refractivity contribution < 1.29 is 31.5 Å². The SMILES string of the molecule is N#C/C(C(=O)N1CCCC1)=c1/s/c(=C\c2ccccc2OC(F)F)c(=O)n1-c1cccc(C(F)(F)F)c1. The van der Waals surface area contributed by atoms with E-state index in [0.29, 0.717) is 24.4 Å². The van der Waals surface area contributed by atoms with Crippen LogP contribution in [0.15, 0.2) is 53.3 Å². The van der Waals surface area contributed by atoms with E-state index in [1.165, 1.54) is 41.3 Å². The third-order valence-corrected chi connectivity index (χ3v) is 6.70. The monoisotopic (exact) mass is 535 g/mol. The number of hydrogen-bond acceptors (Lipinski definition) is 5. The maximum Gasteiger partial charge on any atom is 0.416 e. The molecule has 1 aromatic heterocycles. The number of rotatable bonds is 5. The van der Waals surface area contributed by atoms with Gasteiger partial charge in [0.15, 0.2) is 5.57 Å². The fraction of sp³-hybridized carbons (Fsp3) is 0.240. The first-order valence-electron chi connectivity index (χ1n) is 11.0. The molecule has 37 heavy (non-hydrogen) atoms. The van der Waals surface area contributed by atoms with E-state index in [1.807, 2.05) is 6.07 Å². The van der Waals surface area contributed by atoms with E-state index < -0.39 is 35.4 Å². The Hall–Kier alpha value is -3.98. The van der Waals surface area contributed by atoms with Gasteiger partial charge in [-0.25, -0.2) is 0 Å². The molecule has 0 radical (unpaired) electrons. The summed E-state index contributed by atoms with van der Waals surface area (Å²) in [5, 5.41) is 9.86. The summed E-state index contributed by atoms with van der Waals surface area (Å²) in [7, 11) is 0. The quantitative estimate of drug-likeness (QED) is 0.468. The van der Waals surface area contributed by atoms with Crippen molar-refractivity contribution in [3.63, 3.8) is 0 Å². The first-order chi connectivity index (χ1) is 17.6. The molecule has 0 saturated carbocycles. The molecule has 6 nitrogen and oxygen atoms in total. The summed E-state index contributed by atoms with van der Waals surface area (Å²) in [5.41, 5.74) is -2.36. The number of alkyl halides is 5. The van der Waals surface area contributed by atoms with Crippen LogP contribution in [0.4, 0.5) is 22.0 Å². The molecule has 192 valence electrons. The van der Waals surface area contributed by atoms with E-state index in [2.05, 4.69) is 4.74 Å². The topological polar surface area (TPSA) is 75.3 Å². The first kappa shape index (κ1) is 26.1. The normalized spacial score (nSPS) is 15.2. The number of likely N-dealkylation sites (tertiary alicyclic amines) is 1. The van der Waals surface area contributed by atoms with Crippen LogP contribution >= 0.6 is 11.3 Å². The van der Waals surface area contributed by atoms with Gasteiger partial charge in [0.05, 0.1) is 15.8 Å². The van der Waals surface area contributed by atoms with Crippen molar-refractivity contribution in [1.82, 2.24) is 9.47 Å². The summed E-state index contributed by atoms with van der Waals surface area (Å²) < 4.78 is 71.0. The number of halogens is 5. The molecule has 2 aromatic carbocycles. The van der Waals surface area contributed by atoms with Gasteiger partial charge in [0.25, 0.3) is 11.5 Å². The summed E-state index contributed by atoms with van der Waals surface area (Å²) in [6.45, 7) is -2.33. The van der Waals surface area contributed by atoms with Crippen LogP contribution in [0.2, 0.25) is 0 Å². The molecule has 1 saturated heterocycles. The van der Waals surface area contributed by atoms with Gasteiger partial charge in [0, 0.05) is 18.7 Å². The fourth-order valence-corrected chi connectivity index (χ4v) is 5.00. The predicted octanol–water partition coefficient (Wildman–Crippen LogP) is 3.64. The molecule has 1 amide bonds. The highest BCUT2D eigenvalue weighted by molar-refractivity contribution is 7.07. The van der Waals surface area contributed by atoms with Gasteiger partial charge >= 0.3 is 12.8 Å². The first-order valence-corrected chi connectivity index (χ1v) is 11.8. The zero-order valence-electron chi connectivity index (χ0n) is 19.0. The second kappa shape index (κ2) is 10.6. The van der Waals surface area contributed by atoms with Crippen LogP contribution in [0.5, 0.6) is 5.75 Å². The Labute approximate surface area is 210 Å². The zero-order chi connectivity index (χ0) is 26.7. The molecular weight excluding hydrogens is 517 g/mol. The Morgan fingerprint density at radius 1 is 1.11 bits per heavy atom. The molecule has 12 heteroatoms. The van der Waals surface area contributed by atoms with Crippen LogP contribution in [0.1, 0.15) is 24.0 Å². The molecular formula is C25H18F5N3O3S. The van der Waals surface area contributed by atoms with Crippen LogP contribution in [-0.4, -0.2) is 35.1 Å². The lowest BCUT2D eigenvalue weighted by atomic mass is 10.2. The van der Waals surface area contributed by atoms with E-state index in [4.69, 9.17) is 0 Å². The second-order valence-electron chi connectivity index (χ2n) is 8.01. The fourth-order valence-electron chi connectivity index (χ4n) is 3.92. The van der Waals surface area contributed by atoms with Crippen molar-refractivity contribution in [2.75, 3.05) is 13.1 Å². The van der Waals surface area contributed by atoms with Crippen molar-refractivity contribution in [1.29, 1.82) is 5.26 Å². The lowest BCUT2D eigenvalue weighted by molar-refractivity contribution is -0.137. The molecule has 0 unspecified atom stereocenters. The Balaban J connectivity index is 2.03. The van der Waals surface area contributed by atoms with Crippen LogP contribution in [0.25, 0.3) is 17.3 Å².